The van der Waals surface area contributed by atoms with Gasteiger partial charge < -0.3 is 0 Å². The predicted octanol–water partition coefficient (Wildman–Crippen LogP) is 5.64. The van der Waals surface area contributed by atoms with Gasteiger partial charge in [0.25, 0.3) is 0 Å². The predicted molar refractivity (Wildman–Crippen MR) is 82.3 cm³/mol. The van der Waals surface area contributed by atoms with Crippen LogP contribution in [0, 0.1) is 6.92 Å². The van der Waals surface area contributed by atoms with Crippen LogP contribution in [0.2, 0.25) is 0 Å². The Morgan fingerprint density at radius 3 is 1.15 bits per heavy atom. The zero-order valence-electron chi connectivity index (χ0n) is 5.61. The van der Waals surface area contributed by atoms with Crippen LogP contribution in [-0.4, -0.2) is 0 Å². The first kappa shape index (κ1) is 37.3. The molecule has 0 aromatic heterocycles. The molecule has 84 valence electrons. The van der Waals surface area contributed by atoms with Gasteiger partial charge in [-0.2, -0.15) is 0 Å². The lowest BCUT2D eigenvalue weighted by atomic mass is 10.2. The van der Waals surface area contributed by atoms with E-state index in [9.17, 15) is 0 Å². The molecule has 1 rings (SSSR count). The van der Waals surface area contributed by atoms with E-state index in [0.29, 0.717) is 0 Å². The van der Waals surface area contributed by atoms with Crippen LogP contribution in [0.15, 0.2) is 30.3 Å². The fourth-order valence-electron chi connectivity index (χ4n) is 0.534. The average Bonchev–Trinajstić information content (AvgIpc) is 1.69. The van der Waals surface area contributed by atoms with Crippen molar-refractivity contribution in [1.82, 2.24) is 0 Å². The van der Waals surface area contributed by atoms with E-state index in [2.05, 4.69) is 19.1 Å². The average molecular weight is 383 g/mol. The van der Waals surface area contributed by atoms with Crippen LogP contribution in [0.1, 0.15) is 27.8 Å². The van der Waals surface area contributed by atoms with Crippen LogP contribution < -0.4 is 0 Å². The lowest BCUT2D eigenvalue weighted by molar-refractivity contribution is 1.48. The van der Waals surface area contributed by atoms with Crippen molar-refractivity contribution in [2.45, 2.75) is 29.2 Å². The minimum absolute atomic E-state index is 0. The normalized spacial score (nSPS) is 4.69. The van der Waals surface area contributed by atoms with Gasteiger partial charge in [-0.3, -0.25) is 0 Å². The summed E-state index contributed by atoms with van der Waals surface area (Å²) in [6.07, 6.45) is 0. The number of rotatable bonds is 0. The largest absolute Gasteiger partial charge is 0.114 e. The van der Waals surface area contributed by atoms with Gasteiger partial charge in [-0.1, -0.05) is 58.2 Å². The highest BCUT2D eigenvalue weighted by Gasteiger charge is 1.72. The van der Waals surface area contributed by atoms with Gasteiger partial charge in [0.05, 0.1) is 0 Å². The van der Waals surface area contributed by atoms with Gasteiger partial charge in [0.1, 0.15) is 0 Å². The van der Waals surface area contributed by atoms with Crippen molar-refractivity contribution < 1.29 is 0 Å². The summed E-state index contributed by atoms with van der Waals surface area (Å²) in [6.45, 7) is 2.08. The molecule has 0 heterocycles. The molecular weight excluding hydrogens is 360 g/mol. The first-order valence-electron chi connectivity index (χ1n) is 2.41. The Balaban J connectivity index is -0.0000000204. The molecule has 0 nitrogen and oxygen atoms in total. The first-order valence-corrected chi connectivity index (χ1v) is 2.41. The maximum absolute atomic E-state index is 2.08. The third-order valence-electron chi connectivity index (χ3n) is 0.940. The van der Waals surface area contributed by atoms with Crippen LogP contribution in [0.25, 0.3) is 0 Å². The van der Waals surface area contributed by atoms with Crippen LogP contribution in [0.4, 0.5) is 0 Å². The summed E-state index contributed by atoms with van der Waals surface area (Å²) in [7, 11) is 0. The first-order chi connectivity index (χ1) is 3.39. The highest BCUT2D eigenvalue weighted by molar-refractivity contribution is 8.93. The SMILES string of the molecule is Br.Br.Br.C.C.C.Cc1ccccc1. The van der Waals surface area contributed by atoms with E-state index in [1.54, 1.807) is 0 Å². The Morgan fingerprint density at radius 1 is 0.692 bits per heavy atom. The highest BCUT2D eigenvalue weighted by Crippen LogP contribution is 1.92. The Kier molecular flexibility index (Phi) is 65.9. The Bertz CT molecular complexity index is 140. The molecule has 0 radical (unpaired) electrons. The van der Waals surface area contributed by atoms with Crippen molar-refractivity contribution in [3.63, 3.8) is 0 Å². The van der Waals surface area contributed by atoms with Crippen LogP contribution >= 0.6 is 50.9 Å². The fraction of sp³-hybridized carbons (Fsp3) is 0.400. The minimum atomic E-state index is 0. The molecule has 0 aliphatic heterocycles. The lowest BCUT2D eigenvalue weighted by Gasteiger charge is -1.82. The van der Waals surface area contributed by atoms with Crippen LogP contribution in [0.3, 0.4) is 0 Å². The number of hydrogen-bond donors (Lipinski definition) is 0. The molecule has 0 aliphatic carbocycles. The molecule has 0 N–H and O–H groups in total. The third-order valence-corrected chi connectivity index (χ3v) is 0.940. The molecule has 0 saturated heterocycles. The van der Waals surface area contributed by atoms with E-state index >= 15 is 0 Å². The summed E-state index contributed by atoms with van der Waals surface area (Å²) < 4.78 is 0. The summed E-state index contributed by atoms with van der Waals surface area (Å²) in [5, 5.41) is 0. The lowest BCUT2D eigenvalue weighted by Crippen LogP contribution is -1.62. The quantitative estimate of drug-likeness (QED) is 0.544. The molecule has 0 amide bonds. The molecule has 1 aromatic rings. The second kappa shape index (κ2) is 23.0. The summed E-state index contributed by atoms with van der Waals surface area (Å²) in [6, 6.07) is 10.3. The molecule has 1 aromatic carbocycles. The van der Waals surface area contributed by atoms with E-state index in [-0.39, 0.29) is 73.2 Å². The zero-order valence-corrected chi connectivity index (χ0v) is 10.8. The second-order valence-electron chi connectivity index (χ2n) is 1.65. The molecular formula is C10H23Br3. The van der Waals surface area contributed by atoms with Crippen molar-refractivity contribution in [2.75, 3.05) is 0 Å². The van der Waals surface area contributed by atoms with Gasteiger partial charge in [-0.25, -0.2) is 0 Å². The monoisotopic (exact) mass is 380 g/mol. The maximum atomic E-state index is 2.08. The summed E-state index contributed by atoms with van der Waals surface area (Å²) in [4.78, 5) is 0. The highest BCUT2D eigenvalue weighted by atomic mass is 79.9. The topological polar surface area (TPSA) is 0 Å². The standard InChI is InChI=1S/C7H8.3CH4.3BrH/c1-7-5-3-2-4-6-7;;;;;;/h2-6H,1H3;3*1H4;3*1H. The van der Waals surface area contributed by atoms with E-state index in [1.807, 2.05) is 18.2 Å². The van der Waals surface area contributed by atoms with Crippen molar-refractivity contribution >= 4 is 50.9 Å². The van der Waals surface area contributed by atoms with Gasteiger partial charge in [0.2, 0.25) is 0 Å². The molecule has 0 spiro atoms. The summed E-state index contributed by atoms with van der Waals surface area (Å²) >= 11 is 0. The summed E-state index contributed by atoms with van der Waals surface area (Å²) in [5.41, 5.74) is 1.32. The molecule has 3 heteroatoms. The van der Waals surface area contributed by atoms with Gasteiger partial charge in [-0.15, -0.1) is 50.9 Å². The van der Waals surface area contributed by atoms with Crippen molar-refractivity contribution in [3.05, 3.63) is 35.9 Å². The van der Waals surface area contributed by atoms with Crippen molar-refractivity contribution in [1.29, 1.82) is 0 Å². The molecule has 0 unspecified atom stereocenters. The second-order valence-corrected chi connectivity index (χ2v) is 1.65. The Morgan fingerprint density at radius 2 is 1.00 bits per heavy atom. The van der Waals surface area contributed by atoms with E-state index in [1.165, 1.54) is 5.56 Å². The number of benzene rings is 1. The smallest absolute Gasteiger partial charge is 0.0398 e. The zero-order chi connectivity index (χ0) is 5.11. The number of aryl methyl sites for hydroxylation is 1. The van der Waals surface area contributed by atoms with Gasteiger partial charge >= 0.3 is 0 Å². The molecule has 0 fully saturated rings. The van der Waals surface area contributed by atoms with E-state index in [0.717, 1.165) is 0 Å². The molecule has 13 heavy (non-hydrogen) atoms. The van der Waals surface area contributed by atoms with E-state index < -0.39 is 0 Å². The van der Waals surface area contributed by atoms with Crippen LogP contribution in [0.5, 0.6) is 0 Å². The van der Waals surface area contributed by atoms with Gasteiger partial charge in [0.15, 0.2) is 0 Å². The van der Waals surface area contributed by atoms with E-state index in [4.69, 9.17) is 0 Å². The van der Waals surface area contributed by atoms with Crippen LogP contribution in [-0.2, 0) is 0 Å². The van der Waals surface area contributed by atoms with Gasteiger partial charge in [-0.05, 0) is 6.92 Å². The Labute approximate surface area is 115 Å². The number of halogens is 3. The minimum Gasteiger partial charge on any atom is -0.114 e. The fourth-order valence-corrected chi connectivity index (χ4v) is 0.534. The third kappa shape index (κ3) is 19.2. The summed E-state index contributed by atoms with van der Waals surface area (Å²) in [5.74, 6) is 0. The number of hydrogen-bond acceptors (Lipinski definition) is 0. The Hall–Kier alpha value is 0.660. The van der Waals surface area contributed by atoms with Crippen molar-refractivity contribution in [3.8, 4) is 0 Å². The maximum Gasteiger partial charge on any atom is -0.0398 e. The molecule has 0 atom stereocenters. The molecule has 0 aliphatic rings. The van der Waals surface area contributed by atoms with Crippen molar-refractivity contribution in [2.24, 2.45) is 0 Å². The van der Waals surface area contributed by atoms with Gasteiger partial charge in [0, 0.05) is 0 Å². The molecule has 0 bridgehead atoms. The molecule has 0 saturated carbocycles.